The standard InChI is InChI=1S/C19H22N4O4/c24-19(14-27-17-6-4-5-16(11-17)23(25)26)21-13-15-7-8-18(20-12-15)22-9-2-1-3-10-22/h4-8,11-12H,1-3,9-10,13-14H2,(H,21,24). The lowest BCUT2D eigenvalue weighted by molar-refractivity contribution is -0.384. The second-order valence-corrected chi connectivity index (χ2v) is 6.39. The van der Waals surface area contributed by atoms with Gasteiger partial charge in [-0.3, -0.25) is 14.9 Å². The maximum absolute atomic E-state index is 11.9. The Morgan fingerprint density at radius 3 is 2.74 bits per heavy atom. The number of rotatable bonds is 7. The van der Waals surface area contributed by atoms with Crippen molar-refractivity contribution in [2.45, 2.75) is 25.8 Å². The minimum absolute atomic E-state index is 0.0761. The molecule has 0 saturated carbocycles. The molecule has 0 spiro atoms. The van der Waals surface area contributed by atoms with Crippen LogP contribution in [0.1, 0.15) is 24.8 Å². The molecule has 8 nitrogen and oxygen atoms in total. The summed E-state index contributed by atoms with van der Waals surface area (Å²) in [4.78, 5) is 28.9. The molecule has 1 aliphatic rings. The van der Waals surface area contributed by atoms with Crippen molar-refractivity contribution < 1.29 is 14.5 Å². The molecule has 1 N–H and O–H groups in total. The predicted molar refractivity (Wildman–Crippen MR) is 101 cm³/mol. The summed E-state index contributed by atoms with van der Waals surface area (Å²) in [5.74, 6) is 0.951. The van der Waals surface area contributed by atoms with Crippen molar-refractivity contribution in [2.75, 3.05) is 24.6 Å². The summed E-state index contributed by atoms with van der Waals surface area (Å²) in [5, 5.41) is 13.5. The molecule has 1 aromatic heterocycles. The maximum Gasteiger partial charge on any atom is 0.273 e. The van der Waals surface area contributed by atoms with Crippen LogP contribution >= 0.6 is 0 Å². The zero-order chi connectivity index (χ0) is 19.1. The van der Waals surface area contributed by atoms with Crippen LogP contribution in [0.5, 0.6) is 5.75 Å². The van der Waals surface area contributed by atoms with Crippen molar-refractivity contribution >= 4 is 17.4 Å². The normalized spacial score (nSPS) is 13.9. The summed E-state index contributed by atoms with van der Waals surface area (Å²) < 4.78 is 5.31. The van der Waals surface area contributed by atoms with Gasteiger partial charge in [-0.25, -0.2) is 4.98 Å². The number of carbonyl (C=O) groups is 1. The first-order valence-electron chi connectivity index (χ1n) is 8.95. The Labute approximate surface area is 157 Å². The van der Waals surface area contributed by atoms with E-state index in [-0.39, 0.29) is 24.0 Å². The summed E-state index contributed by atoms with van der Waals surface area (Å²) in [5.41, 5.74) is 0.826. The van der Waals surface area contributed by atoms with Gasteiger partial charge in [0.2, 0.25) is 0 Å². The Bertz CT molecular complexity index is 789. The second-order valence-electron chi connectivity index (χ2n) is 6.39. The van der Waals surface area contributed by atoms with Crippen LogP contribution in [-0.4, -0.2) is 35.5 Å². The fourth-order valence-electron chi connectivity index (χ4n) is 2.92. The predicted octanol–water partition coefficient (Wildman–Crippen LogP) is 2.68. The van der Waals surface area contributed by atoms with Gasteiger partial charge in [-0.2, -0.15) is 0 Å². The fraction of sp³-hybridized carbons (Fsp3) is 0.368. The Morgan fingerprint density at radius 2 is 2.04 bits per heavy atom. The number of hydrogen-bond acceptors (Lipinski definition) is 6. The first-order chi connectivity index (χ1) is 13.1. The van der Waals surface area contributed by atoms with Crippen LogP contribution in [-0.2, 0) is 11.3 Å². The van der Waals surface area contributed by atoms with Crippen LogP contribution in [0.3, 0.4) is 0 Å². The number of nitro groups is 1. The van der Waals surface area contributed by atoms with E-state index in [4.69, 9.17) is 4.74 Å². The van der Waals surface area contributed by atoms with Crippen LogP contribution in [0, 0.1) is 10.1 Å². The molecule has 3 rings (SSSR count). The summed E-state index contributed by atoms with van der Waals surface area (Å²) in [6.45, 7) is 2.22. The van der Waals surface area contributed by atoms with E-state index in [1.165, 1.54) is 37.5 Å². The van der Waals surface area contributed by atoms with Gasteiger partial charge in [0.1, 0.15) is 11.6 Å². The lowest BCUT2D eigenvalue weighted by Crippen LogP contribution is -2.30. The molecule has 1 amide bonds. The average molecular weight is 370 g/mol. The summed E-state index contributed by atoms with van der Waals surface area (Å²) >= 11 is 0. The van der Waals surface area contributed by atoms with Crippen LogP contribution in [0.25, 0.3) is 0 Å². The van der Waals surface area contributed by atoms with Crippen LogP contribution in [0.4, 0.5) is 11.5 Å². The number of carbonyl (C=O) groups excluding carboxylic acids is 1. The Kier molecular flexibility index (Phi) is 6.19. The molecule has 0 unspecified atom stereocenters. The van der Waals surface area contributed by atoms with E-state index < -0.39 is 4.92 Å². The Balaban J connectivity index is 1.45. The lowest BCUT2D eigenvalue weighted by atomic mass is 10.1. The van der Waals surface area contributed by atoms with E-state index in [9.17, 15) is 14.9 Å². The number of benzene rings is 1. The van der Waals surface area contributed by atoms with E-state index in [1.54, 1.807) is 12.3 Å². The molecule has 1 aromatic carbocycles. The highest BCUT2D eigenvalue weighted by Crippen LogP contribution is 2.19. The Hall–Kier alpha value is -3.16. The van der Waals surface area contributed by atoms with Crippen LogP contribution in [0.15, 0.2) is 42.6 Å². The SMILES string of the molecule is O=C(COc1cccc([N+](=O)[O-])c1)NCc1ccc(N2CCCCC2)nc1. The molecular weight excluding hydrogens is 348 g/mol. The fourth-order valence-corrected chi connectivity index (χ4v) is 2.92. The number of nitro benzene ring substituents is 1. The van der Waals surface area contributed by atoms with E-state index in [1.807, 2.05) is 12.1 Å². The number of amides is 1. The molecule has 2 heterocycles. The van der Waals surface area contributed by atoms with Gasteiger partial charge >= 0.3 is 0 Å². The van der Waals surface area contributed by atoms with Gasteiger partial charge in [0, 0.05) is 31.9 Å². The first-order valence-corrected chi connectivity index (χ1v) is 8.95. The topological polar surface area (TPSA) is 97.6 Å². The molecule has 27 heavy (non-hydrogen) atoms. The van der Waals surface area contributed by atoms with Crippen LogP contribution < -0.4 is 15.0 Å². The van der Waals surface area contributed by atoms with Gasteiger partial charge in [-0.05, 0) is 37.0 Å². The number of non-ortho nitro benzene ring substituents is 1. The molecule has 8 heteroatoms. The molecule has 2 aromatic rings. The summed E-state index contributed by atoms with van der Waals surface area (Å²) in [7, 11) is 0. The molecule has 0 radical (unpaired) electrons. The van der Waals surface area contributed by atoms with Gasteiger partial charge in [0.25, 0.3) is 11.6 Å². The van der Waals surface area contributed by atoms with E-state index in [2.05, 4.69) is 15.2 Å². The third-order valence-corrected chi connectivity index (χ3v) is 4.38. The minimum Gasteiger partial charge on any atom is -0.484 e. The molecule has 0 atom stereocenters. The number of nitrogens with one attached hydrogen (secondary N) is 1. The molecule has 142 valence electrons. The highest BCUT2D eigenvalue weighted by Gasteiger charge is 2.12. The smallest absolute Gasteiger partial charge is 0.273 e. The van der Waals surface area contributed by atoms with E-state index in [0.717, 1.165) is 24.5 Å². The number of anilines is 1. The number of aromatic nitrogens is 1. The van der Waals surface area contributed by atoms with Crippen LogP contribution in [0.2, 0.25) is 0 Å². The van der Waals surface area contributed by atoms with Gasteiger partial charge in [0.05, 0.1) is 11.0 Å². The largest absolute Gasteiger partial charge is 0.484 e. The van der Waals surface area contributed by atoms with Gasteiger partial charge in [-0.1, -0.05) is 12.1 Å². The van der Waals surface area contributed by atoms with Crippen molar-refractivity contribution in [3.8, 4) is 5.75 Å². The monoisotopic (exact) mass is 370 g/mol. The molecule has 1 fully saturated rings. The molecule has 1 aliphatic heterocycles. The molecule has 1 saturated heterocycles. The summed E-state index contributed by atoms with van der Waals surface area (Å²) in [6, 6.07) is 9.68. The molecule has 0 aliphatic carbocycles. The highest BCUT2D eigenvalue weighted by molar-refractivity contribution is 5.77. The number of hydrogen-bond donors (Lipinski definition) is 1. The molecule has 0 bridgehead atoms. The third kappa shape index (κ3) is 5.40. The maximum atomic E-state index is 11.9. The van der Waals surface area contributed by atoms with Gasteiger partial charge in [0.15, 0.2) is 6.61 Å². The highest BCUT2D eigenvalue weighted by atomic mass is 16.6. The zero-order valence-electron chi connectivity index (χ0n) is 15.0. The number of ether oxygens (including phenoxy) is 1. The van der Waals surface area contributed by atoms with Crippen molar-refractivity contribution in [1.29, 1.82) is 0 Å². The Morgan fingerprint density at radius 1 is 1.22 bits per heavy atom. The second kappa shape index (κ2) is 8.98. The number of pyridine rings is 1. The summed E-state index contributed by atoms with van der Waals surface area (Å²) in [6.07, 6.45) is 5.44. The van der Waals surface area contributed by atoms with Crippen molar-refractivity contribution in [3.05, 3.63) is 58.3 Å². The quantitative estimate of drug-likeness (QED) is 0.594. The minimum atomic E-state index is -0.506. The lowest BCUT2D eigenvalue weighted by Gasteiger charge is -2.27. The van der Waals surface area contributed by atoms with Crippen molar-refractivity contribution in [3.63, 3.8) is 0 Å². The van der Waals surface area contributed by atoms with Gasteiger partial charge < -0.3 is 15.0 Å². The van der Waals surface area contributed by atoms with Crippen molar-refractivity contribution in [2.24, 2.45) is 0 Å². The van der Waals surface area contributed by atoms with Gasteiger partial charge in [-0.15, -0.1) is 0 Å². The van der Waals surface area contributed by atoms with E-state index >= 15 is 0 Å². The first kappa shape index (κ1) is 18.6. The third-order valence-electron chi connectivity index (χ3n) is 4.38. The average Bonchev–Trinajstić information content (AvgIpc) is 2.72. The van der Waals surface area contributed by atoms with E-state index in [0.29, 0.717) is 6.54 Å². The van der Waals surface area contributed by atoms with Crippen molar-refractivity contribution in [1.82, 2.24) is 10.3 Å². The number of piperidine rings is 1. The number of nitrogens with zero attached hydrogens (tertiary/aromatic N) is 3. The molecular formula is C19H22N4O4. The zero-order valence-corrected chi connectivity index (χ0v) is 15.0.